The molecule has 0 bridgehead atoms. The third-order valence-electron chi connectivity index (χ3n) is 2.09. The van der Waals surface area contributed by atoms with Crippen LogP contribution >= 0.6 is 0 Å². The molecule has 1 aromatic rings. The number of imidazole rings is 1. The molecule has 0 spiro atoms. The van der Waals surface area contributed by atoms with E-state index < -0.39 is 0 Å². The average Bonchev–Trinajstić information content (AvgIpc) is 2.69. The largest absolute Gasteiger partial charge is 0.380 e. The van der Waals surface area contributed by atoms with Crippen molar-refractivity contribution in [2.24, 2.45) is 0 Å². The van der Waals surface area contributed by atoms with Crippen LogP contribution in [0.5, 0.6) is 0 Å². The molecule has 0 atom stereocenters. The van der Waals surface area contributed by atoms with Crippen molar-refractivity contribution in [2.45, 2.75) is 33.4 Å². The maximum Gasteiger partial charge on any atom is 0.0950 e. The number of nitrogens with one attached hydrogen (secondary N) is 1. The van der Waals surface area contributed by atoms with E-state index in [4.69, 9.17) is 4.74 Å². The molecule has 0 radical (unpaired) electrons. The van der Waals surface area contributed by atoms with Gasteiger partial charge >= 0.3 is 0 Å². The van der Waals surface area contributed by atoms with E-state index in [1.54, 1.807) is 0 Å². The summed E-state index contributed by atoms with van der Waals surface area (Å²) in [5, 5.41) is 3.25. The van der Waals surface area contributed by atoms with Gasteiger partial charge < -0.3 is 14.6 Å². The molecule has 0 saturated carbocycles. The Morgan fingerprint density at radius 1 is 1.40 bits per heavy atom. The van der Waals surface area contributed by atoms with Crippen LogP contribution in [0.3, 0.4) is 0 Å². The van der Waals surface area contributed by atoms with Crippen LogP contribution in [-0.2, 0) is 17.8 Å². The lowest BCUT2D eigenvalue weighted by molar-refractivity contribution is 0.127. The molecule has 1 aromatic heterocycles. The quantitative estimate of drug-likeness (QED) is 0.661. The van der Waals surface area contributed by atoms with Crippen LogP contribution in [0.1, 0.15) is 26.0 Å². The highest BCUT2D eigenvalue weighted by Gasteiger charge is 1.97. The smallest absolute Gasteiger partial charge is 0.0950 e. The number of ether oxygens (including phenoxy) is 1. The van der Waals surface area contributed by atoms with Gasteiger partial charge in [-0.05, 0) is 13.0 Å². The molecule has 0 amide bonds. The zero-order valence-corrected chi connectivity index (χ0v) is 9.70. The summed E-state index contributed by atoms with van der Waals surface area (Å²) in [6.45, 7) is 8.54. The number of rotatable bonds is 8. The Labute approximate surface area is 91.7 Å². The Morgan fingerprint density at radius 2 is 2.27 bits per heavy atom. The minimum Gasteiger partial charge on any atom is -0.380 e. The summed E-state index contributed by atoms with van der Waals surface area (Å²) < 4.78 is 7.48. The van der Waals surface area contributed by atoms with E-state index in [2.05, 4.69) is 34.9 Å². The van der Waals surface area contributed by atoms with Crippen LogP contribution in [0.25, 0.3) is 0 Å². The van der Waals surface area contributed by atoms with Crippen LogP contribution in [0, 0.1) is 0 Å². The molecule has 0 unspecified atom stereocenters. The molecule has 0 fully saturated rings. The molecule has 0 saturated heterocycles. The molecule has 0 aliphatic carbocycles. The standard InChI is InChI=1S/C11H21N3O/c1-3-6-15-7-5-14-9-11(13-10-14)8-12-4-2/h9-10,12H,3-8H2,1-2H3. The first-order valence-corrected chi connectivity index (χ1v) is 5.66. The predicted octanol–water partition coefficient (Wildman–Crippen LogP) is 1.42. The van der Waals surface area contributed by atoms with Crippen molar-refractivity contribution in [3.05, 3.63) is 18.2 Å². The summed E-state index contributed by atoms with van der Waals surface area (Å²) >= 11 is 0. The highest BCUT2D eigenvalue weighted by molar-refractivity contribution is 4.95. The van der Waals surface area contributed by atoms with Crippen molar-refractivity contribution in [3.8, 4) is 0 Å². The van der Waals surface area contributed by atoms with Gasteiger partial charge in [-0.25, -0.2) is 4.98 Å². The minimum atomic E-state index is 0.769. The average molecular weight is 211 g/mol. The topological polar surface area (TPSA) is 39.1 Å². The van der Waals surface area contributed by atoms with Crippen molar-refractivity contribution >= 4 is 0 Å². The Bertz CT molecular complexity index is 260. The monoisotopic (exact) mass is 211 g/mol. The Kier molecular flexibility index (Phi) is 6.04. The van der Waals surface area contributed by atoms with Crippen molar-refractivity contribution in [2.75, 3.05) is 19.8 Å². The third kappa shape index (κ3) is 4.95. The molecule has 4 nitrogen and oxygen atoms in total. The van der Waals surface area contributed by atoms with E-state index in [1.165, 1.54) is 0 Å². The number of hydrogen-bond donors (Lipinski definition) is 1. The van der Waals surface area contributed by atoms with Crippen LogP contribution in [-0.4, -0.2) is 29.3 Å². The summed E-state index contributed by atoms with van der Waals surface area (Å²) in [7, 11) is 0. The Morgan fingerprint density at radius 3 is 3.00 bits per heavy atom. The van der Waals surface area contributed by atoms with Crippen LogP contribution in [0.2, 0.25) is 0 Å². The van der Waals surface area contributed by atoms with Gasteiger partial charge in [0.2, 0.25) is 0 Å². The number of nitrogens with zero attached hydrogens (tertiary/aromatic N) is 2. The Balaban J connectivity index is 2.20. The molecular weight excluding hydrogens is 190 g/mol. The molecule has 1 heterocycles. The fourth-order valence-electron chi connectivity index (χ4n) is 1.29. The molecule has 1 N–H and O–H groups in total. The van der Waals surface area contributed by atoms with Gasteiger partial charge in [0.25, 0.3) is 0 Å². The van der Waals surface area contributed by atoms with E-state index >= 15 is 0 Å². The summed E-state index contributed by atoms with van der Waals surface area (Å²) in [4.78, 5) is 4.30. The molecular formula is C11H21N3O. The number of aromatic nitrogens is 2. The van der Waals surface area contributed by atoms with Crippen molar-refractivity contribution in [1.29, 1.82) is 0 Å². The molecule has 15 heavy (non-hydrogen) atoms. The van der Waals surface area contributed by atoms with E-state index in [0.29, 0.717) is 0 Å². The molecule has 0 aliphatic heterocycles. The van der Waals surface area contributed by atoms with E-state index in [0.717, 1.165) is 45.0 Å². The van der Waals surface area contributed by atoms with E-state index in [1.807, 2.05) is 6.33 Å². The third-order valence-corrected chi connectivity index (χ3v) is 2.09. The minimum absolute atomic E-state index is 0.769. The number of hydrogen-bond acceptors (Lipinski definition) is 3. The second-order valence-corrected chi connectivity index (χ2v) is 3.50. The predicted molar refractivity (Wildman–Crippen MR) is 60.7 cm³/mol. The summed E-state index contributed by atoms with van der Waals surface area (Å²) in [5.74, 6) is 0. The second-order valence-electron chi connectivity index (χ2n) is 3.50. The SMILES string of the molecule is CCCOCCn1cnc(CNCC)c1. The second kappa shape index (κ2) is 7.43. The molecule has 1 rings (SSSR count). The fraction of sp³-hybridized carbons (Fsp3) is 0.727. The van der Waals surface area contributed by atoms with Gasteiger partial charge in [0.05, 0.1) is 18.6 Å². The van der Waals surface area contributed by atoms with E-state index in [-0.39, 0.29) is 0 Å². The first kappa shape index (κ1) is 12.2. The normalized spacial score (nSPS) is 10.8. The summed E-state index contributed by atoms with van der Waals surface area (Å²) in [5.41, 5.74) is 1.09. The van der Waals surface area contributed by atoms with Gasteiger partial charge in [-0.3, -0.25) is 0 Å². The van der Waals surface area contributed by atoms with Crippen LogP contribution < -0.4 is 5.32 Å². The van der Waals surface area contributed by atoms with Gasteiger partial charge in [-0.2, -0.15) is 0 Å². The van der Waals surface area contributed by atoms with Crippen LogP contribution in [0.4, 0.5) is 0 Å². The Hall–Kier alpha value is -0.870. The van der Waals surface area contributed by atoms with Crippen molar-refractivity contribution in [3.63, 3.8) is 0 Å². The van der Waals surface area contributed by atoms with Crippen molar-refractivity contribution < 1.29 is 4.74 Å². The molecule has 4 heteroatoms. The highest BCUT2D eigenvalue weighted by Crippen LogP contribution is 1.96. The molecule has 86 valence electrons. The van der Waals surface area contributed by atoms with Gasteiger partial charge in [-0.15, -0.1) is 0 Å². The highest BCUT2D eigenvalue weighted by atomic mass is 16.5. The summed E-state index contributed by atoms with van der Waals surface area (Å²) in [6, 6.07) is 0. The van der Waals surface area contributed by atoms with E-state index in [9.17, 15) is 0 Å². The van der Waals surface area contributed by atoms with Gasteiger partial charge in [-0.1, -0.05) is 13.8 Å². The van der Waals surface area contributed by atoms with Gasteiger partial charge in [0.15, 0.2) is 0 Å². The maximum absolute atomic E-state index is 5.41. The lowest BCUT2D eigenvalue weighted by Gasteiger charge is -2.02. The van der Waals surface area contributed by atoms with Crippen LogP contribution in [0.15, 0.2) is 12.5 Å². The maximum atomic E-state index is 5.41. The fourth-order valence-corrected chi connectivity index (χ4v) is 1.29. The first-order valence-electron chi connectivity index (χ1n) is 5.66. The molecule has 0 aromatic carbocycles. The lowest BCUT2D eigenvalue weighted by atomic mass is 10.4. The lowest BCUT2D eigenvalue weighted by Crippen LogP contribution is -2.11. The molecule has 0 aliphatic rings. The zero-order chi connectivity index (χ0) is 10.9. The van der Waals surface area contributed by atoms with Crippen molar-refractivity contribution in [1.82, 2.24) is 14.9 Å². The van der Waals surface area contributed by atoms with Gasteiger partial charge in [0, 0.05) is 25.9 Å². The van der Waals surface area contributed by atoms with Gasteiger partial charge in [0.1, 0.15) is 0 Å². The summed E-state index contributed by atoms with van der Waals surface area (Å²) in [6.07, 6.45) is 5.01. The zero-order valence-electron chi connectivity index (χ0n) is 9.70. The first-order chi connectivity index (χ1) is 7.36.